The highest BCUT2D eigenvalue weighted by Crippen LogP contribution is 2.28. The fraction of sp³-hybridized carbons (Fsp3) is 0.375. The summed E-state index contributed by atoms with van der Waals surface area (Å²) in [6.07, 6.45) is 2.51. The van der Waals surface area contributed by atoms with E-state index in [9.17, 15) is 4.79 Å². The number of nitrogens with one attached hydrogen (secondary N) is 2. The highest BCUT2D eigenvalue weighted by atomic mass is 35.5. The monoisotopic (exact) mass is 332 g/mol. The molecule has 1 aromatic heterocycles. The SMILES string of the molecule is O=C(C1NCCc2[nH]cnc21)N1CCOc2ccc(Cl)cc2C1. The Morgan fingerprint density at radius 1 is 1.43 bits per heavy atom. The number of nitrogens with zero attached hydrogens (tertiary/aromatic N) is 2. The molecule has 0 saturated carbocycles. The molecule has 0 saturated heterocycles. The first kappa shape index (κ1) is 14.5. The van der Waals surface area contributed by atoms with Crippen molar-refractivity contribution >= 4 is 17.5 Å². The van der Waals surface area contributed by atoms with Crippen LogP contribution in [-0.2, 0) is 17.8 Å². The third-order valence-corrected chi connectivity index (χ3v) is 4.54. The number of amides is 1. The van der Waals surface area contributed by atoms with E-state index in [0.29, 0.717) is 24.7 Å². The van der Waals surface area contributed by atoms with Crippen LogP contribution < -0.4 is 10.1 Å². The van der Waals surface area contributed by atoms with E-state index in [0.717, 1.165) is 35.7 Å². The van der Waals surface area contributed by atoms with Crippen LogP contribution >= 0.6 is 11.6 Å². The highest BCUT2D eigenvalue weighted by Gasteiger charge is 2.32. The van der Waals surface area contributed by atoms with Crippen molar-refractivity contribution in [2.24, 2.45) is 0 Å². The first-order valence-corrected chi connectivity index (χ1v) is 8.06. The molecule has 2 aliphatic heterocycles. The topological polar surface area (TPSA) is 70.2 Å². The minimum Gasteiger partial charge on any atom is -0.491 e. The second kappa shape index (κ2) is 5.86. The number of benzene rings is 1. The third kappa shape index (κ3) is 2.68. The van der Waals surface area contributed by atoms with Gasteiger partial charge in [0.05, 0.1) is 18.6 Å². The minimum atomic E-state index is -0.397. The summed E-state index contributed by atoms with van der Waals surface area (Å²) in [4.78, 5) is 22.2. The summed E-state index contributed by atoms with van der Waals surface area (Å²) in [7, 11) is 0. The van der Waals surface area contributed by atoms with Crippen molar-refractivity contribution in [2.75, 3.05) is 19.7 Å². The molecule has 0 bridgehead atoms. The van der Waals surface area contributed by atoms with Gasteiger partial charge in [0.2, 0.25) is 5.91 Å². The second-order valence-corrected chi connectivity index (χ2v) is 6.20. The van der Waals surface area contributed by atoms with Gasteiger partial charge in [-0.1, -0.05) is 11.6 Å². The van der Waals surface area contributed by atoms with Crippen LogP contribution in [0, 0.1) is 0 Å². The fourth-order valence-electron chi connectivity index (χ4n) is 3.16. The van der Waals surface area contributed by atoms with Crippen LogP contribution in [0.2, 0.25) is 5.02 Å². The molecular formula is C16H17ClN4O2. The number of carbonyl (C=O) groups is 1. The molecule has 23 heavy (non-hydrogen) atoms. The van der Waals surface area contributed by atoms with Crippen molar-refractivity contribution in [3.63, 3.8) is 0 Å². The number of rotatable bonds is 1. The van der Waals surface area contributed by atoms with Crippen molar-refractivity contribution in [1.29, 1.82) is 0 Å². The maximum atomic E-state index is 13.0. The summed E-state index contributed by atoms with van der Waals surface area (Å²) >= 11 is 6.07. The van der Waals surface area contributed by atoms with Crippen molar-refractivity contribution in [3.05, 3.63) is 46.5 Å². The molecule has 2 aromatic rings. The summed E-state index contributed by atoms with van der Waals surface area (Å²) in [5.41, 5.74) is 2.77. The fourth-order valence-corrected chi connectivity index (χ4v) is 3.35. The van der Waals surface area contributed by atoms with Gasteiger partial charge in [-0.25, -0.2) is 4.98 Å². The Hall–Kier alpha value is -2.05. The minimum absolute atomic E-state index is 0.0227. The quantitative estimate of drug-likeness (QED) is 0.833. The van der Waals surface area contributed by atoms with Crippen LogP contribution in [0.1, 0.15) is 23.0 Å². The van der Waals surface area contributed by atoms with E-state index in [1.165, 1.54) is 0 Å². The number of H-pyrrole nitrogens is 1. The average Bonchev–Trinajstić information content (AvgIpc) is 2.94. The van der Waals surface area contributed by atoms with Crippen LogP contribution in [0.15, 0.2) is 24.5 Å². The lowest BCUT2D eigenvalue weighted by molar-refractivity contribution is -0.134. The molecule has 0 spiro atoms. The Kier molecular flexibility index (Phi) is 3.71. The Bertz CT molecular complexity index is 745. The van der Waals surface area contributed by atoms with Crippen molar-refractivity contribution < 1.29 is 9.53 Å². The van der Waals surface area contributed by atoms with Gasteiger partial charge in [0.15, 0.2) is 0 Å². The Labute approximate surface area is 138 Å². The molecule has 7 heteroatoms. The highest BCUT2D eigenvalue weighted by molar-refractivity contribution is 6.30. The first-order valence-electron chi connectivity index (χ1n) is 7.68. The molecule has 3 heterocycles. The molecule has 1 atom stereocenters. The van der Waals surface area contributed by atoms with E-state index in [2.05, 4.69) is 15.3 Å². The maximum absolute atomic E-state index is 13.0. The normalized spacial score (nSPS) is 20.2. The average molecular weight is 333 g/mol. The number of hydrogen-bond donors (Lipinski definition) is 2. The first-order chi connectivity index (χ1) is 11.2. The van der Waals surface area contributed by atoms with E-state index >= 15 is 0 Å². The number of fused-ring (bicyclic) bond motifs is 2. The molecular weight excluding hydrogens is 316 g/mol. The largest absolute Gasteiger partial charge is 0.491 e. The number of imidazole rings is 1. The van der Waals surface area contributed by atoms with Gasteiger partial charge < -0.3 is 19.9 Å². The summed E-state index contributed by atoms with van der Waals surface area (Å²) < 4.78 is 5.73. The molecule has 1 unspecified atom stereocenters. The third-order valence-electron chi connectivity index (χ3n) is 4.31. The number of hydrogen-bond acceptors (Lipinski definition) is 4. The molecule has 6 nitrogen and oxygen atoms in total. The van der Waals surface area contributed by atoms with Crippen molar-refractivity contribution in [1.82, 2.24) is 20.2 Å². The summed E-state index contributed by atoms with van der Waals surface area (Å²) in [5.74, 6) is 0.816. The summed E-state index contributed by atoms with van der Waals surface area (Å²) in [6, 6.07) is 5.12. The Morgan fingerprint density at radius 2 is 2.35 bits per heavy atom. The van der Waals surface area contributed by atoms with Gasteiger partial charge >= 0.3 is 0 Å². The van der Waals surface area contributed by atoms with Gasteiger partial charge in [-0.3, -0.25) is 4.79 Å². The smallest absolute Gasteiger partial charge is 0.246 e. The van der Waals surface area contributed by atoms with E-state index in [1.54, 1.807) is 12.4 Å². The zero-order chi connectivity index (χ0) is 15.8. The van der Waals surface area contributed by atoms with Gasteiger partial charge in [0, 0.05) is 35.8 Å². The summed E-state index contributed by atoms with van der Waals surface area (Å²) in [6.45, 7) is 2.27. The second-order valence-electron chi connectivity index (χ2n) is 5.76. The van der Waals surface area contributed by atoms with Gasteiger partial charge in [-0.15, -0.1) is 0 Å². The van der Waals surface area contributed by atoms with E-state index < -0.39 is 6.04 Å². The van der Waals surface area contributed by atoms with Crippen LogP contribution in [0.25, 0.3) is 0 Å². The number of ether oxygens (including phenoxy) is 1. The lowest BCUT2D eigenvalue weighted by Gasteiger charge is -2.28. The van der Waals surface area contributed by atoms with Crippen LogP contribution in [0.3, 0.4) is 0 Å². The van der Waals surface area contributed by atoms with E-state index in [1.807, 2.05) is 17.0 Å². The molecule has 1 aromatic carbocycles. The maximum Gasteiger partial charge on any atom is 0.246 e. The Morgan fingerprint density at radius 3 is 3.26 bits per heavy atom. The van der Waals surface area contributed by atoms with Crippen molar-refractivity contribution in [3.8, 4) is 5.75 Å². The van der Waals surface area contributed by atoms with E-state index in [-0.39, 0.29) is 5.91 Å². The number of halogens is 1. The zero-order valence-corrected chi connectivity index (χ0v) is 13.3. The standard InChI is InChI=1S/C16H17ClN4O2/c17-11-1-2-13-10(7-11)8-21(5-6-23-13)16(22)15-14-12(3-4-18-15)19-9-20-14/h1-2,7,9,15,18H,3-6,8H2,(H,19,20). The summed E-state index contributed by atoms with van der Waals surface area (Å²) in [5, 5.41) is 3.92. The van der Waals surface area contributed by atoms with Gasteiger partial charge in [0.25, 0.3) is 0 Å². The molecule has 0 radical (unpaired) electrons. The lowest BCUT2D eigenvalue weighted by atomic mass is 10.0. The van der Waals surface area contributed by atoms with Crippen LogP contribution in [0.4, 0.5) is 0 Å². The van der Waals surface area contributed by atoms with Gasteiger partial charge in [-0.05, 0) is 18.2 Å². The Balaban J connectivity index is 1.60. The zero-order valence-electron chi connectivity index (χ0n) is 12.5. The lowest BCUT2D eigenvalue weighted by Crippen LogP contribution is -2.44. The van der Waals surface area contributed by atoms with Crippen molar-refractivity contribution in [2.45, 2.75) is 19.0 Å². The van der Waals surface area contributed by atoms with Crippen LogP contribution in [0.5, 0.6) is 5.75 Å². The molecule has 4 rings (SSSR count). The number of aromatic amines is 1. The van der Waals surface area contributed by atoms with Crippen LogP contribution in [-0.4, -0.2) is 40.5 Å². The molecule has 2 aliphatic rings. The van der Waals surface area contributed by atoms with Gasteiger partial charge in [0.1, 0.15) is 18.4 Å². The molecule has 2 N–H and O–H groups in total. The number of carbonyl (C=O) groups excluding carboxylic acids is 1. The molecule has 0 aliphatic carbocycles. The molecule has 0 fully saturated rings. The predicted molar refractivity (Wildman–Crippen MR) is 85.4 cm³/mol. The molecule has 120 valence electrons. The predicted octanol–water partition coefficient (Wildman–Crippen LogP) is 1.67. The molecule has 1 amide bonds. The van der Waals surface area contributed by atoms with E-state index in [4.69, 9.17) is 16.3 Å². The number of aromatic nitrogens is 2. The van der Waals surface area contributed by atoms with Gasteiger partial charge in [-0.2, -0.15) is 0 Å².